The fraction of sp³-hybridized carbons (Fsp3) is 1.00. The van der Waals surface area contributed by atoms with Crippen molar-refractivity contribution in [3.8, 4) is 0 Å². The molecule has 0 spiro atoms. The smallest absolute Gasteiger partial charge is 0.0944 e. The van der Waals surface area contributed by atoms with Crippen molar-refractivity contribution in [1.82, 2.24) is 5.01 Å². The van der Waals surface area contributed by atoms with Crippen LogP contribution in [0.3, 0.4) is 0 Å². The second-order valence-corrected chi connectivity index (χ2v) is 4.77. The SMILES string of the molecule is CC(C)C1CN(C(C)(C)C)N=N1. The Morgan fingerprint density at radius 3 is 2.17 bits per heavy atom. The van der Waals surface area contributed by atoms with Gasteiger partial charge in [-0.25, -0.2) is 0 Å². The first-order valence-corrected chi connectivity index (χ1v) is 4.59. The first-order valence-electron chi connectivity index (χ1n) is 4.59. The van der Waals surface area contributed by atoms with Crippen LogP contribution < -0.4 is 0 Å². The maximum atomic E-state index is 4.23. The zero-order chi connectivity index (χ0) is 9.35. The van der Waals surface area contributed by atoms with Crippen molar-refractivity contribution in [2.45, 2.75) is 46.2 Å². The maximum absolute atomic E-state index is 4.23. The van der Waals surface area contributed by atoms with Crippen LogP contribution in [-0.4, -0.2) is 23.1 Å². The van der Waals surface area contributed by atoms with E-state index in [0.29, 0.717) is 12.0 Å². The summed E-state index contributed by atoms with van der Waals surface area (Å²) in [7, 11) is 0. The molecule has 0 aromatic carbocycles. The van der Waals surface area contributed by atoms with Gasteiger partial charge in [-0.3, -0.25) is 5.01 Å². The van der Waals surface area contributed by atoms with Gasteiger partial charge in [0.1, 0.15) is 0 Å². The molecule has 1 atom stereocenters. The quantitative estimate of drug-likeness (QED) is 0.592. The molecule has 1 heterocycles. The Labute approximate surface area is 74.8 Å². The van der Waals surface area contributed by atoms with Gasteiger partial charge in [-0.15, -0.1) is 0 Å². The van der Waals surface area contributed by atoms with Crippen molar-refractivity contribution in [3.63, 3.8) is 0 Å². The largest absolute Gasteiger partial charge is 0.271 e. The predicted octanol–water partition coefficient (Wildman–Crippen LogP) is 2.49. The van der Waals surface area contributed by atoms with Crippen LogP contribution in [0.2, 0.25) is 0 Å². The van der Waals surface area contributed by atoms with E-state index in [0.717, 1.165) is 6.54 Å². The molecule has 1 aliphatic heterocycles. The standard InChI is InChI=1S/C9H19N3/c1-7(2)8-6-12(11-10-8)9(3,4)5/h7-8H,6H2,1-5H3. The molecule has 1 unspecified atom stereocenters. The van der Waals surface area contributed by atoms with E-state index in [9.17, 15) is 0 Å². The van der Waals surface area contributed by atoms with Crippen molar-refractivity contribution < 1.29 is 0 Å². The molecule has 0 aliphatic carbocycles. The summed E-state index contributed by atoms with van der Waals surface area (Å²) in [6.45, 7) is 11.8. The molecule has 0 bridgehead atoms. The normalized spacial score (nSPS) is 24.2. The highest BCUT2D eigenvalue weighted by Gasteiger charge is 2.29. The van der Waals surface area contributed by atoms with E-state index in [-0.39, 0.29) is 5.54 Å². The van der Waals surface area contributed by atoms with Crippen LogP contribution in [0.5, 0.6) is 0 Å². The zero-order valence-corrected chi connectivity index (χ0v) is 8.70. The Kier molecular flexibility index (Phi) is 2.40. The van der Waals surface area contributed by atoms with Crippen LogP contribution in [0.25, 0.3) is 0 Å². The average Bonchev–Trinajstić information content (AvgIpc) is 2.30. The monoisotopic (exact) mass is 169 g/mol. The zero-order valence-electron chi connectivity index (χ0n) is 8.70. The Morgan fingerprint density at radius 2 is 1.92 bits per heavy atom. The molecule has 0 N–H and O–H groups in total. The molecule has 1 rings (SSSR count). The third kappa shape index (κ3) is 1.96. The maximum Gasteiger partial charge on any atom is 0.0944 e. The van der Waals surface area contributed by atoms with Crippen molar-refractivity contribution in [2.24, 2.45) is 16.3 Å². The van der Waals surface area contributed by atoms with Crippen LogP contribution in [0.1, 0.15) is 34.6 Å². The van der Waals surface area contributed by atoms with E-state index in [1.54, 1.807) is 0 Å². The summed E-state index contributed by atoms with van der Waals surface area (Å²) in [5.41, 5.74) is 0.118. The highest BCUT2D eigenvalue weighted by molar-refractivity contribution is 4.83. The van der Waals surface area contributed by atoms with Crippen LogP contribution in [0.4, 0.5) is 0 Å². The molecule has 1 aliphatic rings. The van der Waals surface area contributed by atoms with E-state index in [2.05, 4.69) is 50.0 Å². The summed E-state index contributed by atoms with van der Waals surface area (Å²) in [6, 6.07) is 0.393. The molecule has 0 aromatic rings. The van der Waals surface area contributed by atoms with E-state index in [1.807, 2.05) is 0 Å². The molecular weight excluding hydrogens is 150 g/mol. The van der Waals surface area contributed by atoms with Gasteiger partial charge < -0.3 is 0 Å². The first-order chi connectivity index (χ1) is 5.41. The lowest BCUT2D eigenvalue weighted by Crippen LogP contribution is -2.38. The molecular formula is C9H19N3. The van der Waals surface area contributed by atoms with Crippen molar-refractivity contribution in [1.29, 1.82) is 0 Å². The van der Waals surface area contributed by atoms with Gasteiger partial charge >= 0.3 is 0 Å². The van der Waals surface area contributed by atoms with Crippen molar-refractivity contribution in [2.75, 3.05) is 6.54 Å². The van der Waals surface area contributed by atoms with Gasteiger partial charge in [-0.2, -0.15) is 5.11 Å². The molecule has 0 radical (unpaired) electrons. The number of rotatable bonds is 1. The van der Waals surface area contributed by atoms with Gasteiger partial charge in [0.05, 0.1) is 18.1 Å². The van der Waals surface area contributed by atoms with Crippen LogP contribution in [0.15, 0.2) is 10.3 Å². The summed E-state index contributed by atoms with van der Waals surface area (Å²) in [5, 5.41) is 10.5. The Hall–Kier alpha value is -0.600. The lowest BCUT2D eigenvalue weighted by Gasteiger charge is -2.29. The molecule has 0 saturated heterocycles. The minimum absolute atomic E-state index is 0.118. The van der Waals surface area contributed by atoms with Gasteiger partial charge in [-0.05, 0) is 26.7 Å². The molecule has 0 amide bonds. The molecule has 0 aromatic heterocycles. The average molecular weight is 169 g/mol. The topological polar surface area (TPSA) is 28.0 Å². The first kappa shape index (κ1) is 9.49. The van der Waals surface area contributed by atoms with Crippen molar-refractivity contribution >= 4 is 0 Å². The van der Waals surface area contributed by atoms with Gasteiger partial charge in [0.25, 0.3) is 0 Å². The van der Waals surface area contributed by atoms with Crippen molar-refractivity contribution in [3.05, 3.63) is 0 Å². The molecule has 3 heteroatoms. The van der Waals surface area contributed by atoms with Crippen LogP contribution >= 0.6 is 0 Å². The third-order valence-corrected chi connectivity index (χ3v) is 2.21. The van der Waals surface area contributed by atoms with E-state index < -0.39 is 0 Å². The molecule has 0 fully saturated rings. The summed E-state index contributed by atoms with van der Waals surface area (Å²) >= 11 is 0. The number of hydrogen-bond acceptors (Lipinski definition) is 3. The van der Waals surface area contributed by atoms with Gasteiger partial charge in [-0.1, -0.05) is 19.1 Å². The van der Waals surface area contributed by atoms with E-state index in [4.69, 9.17) is 0 Å². The second-order valence-electron chi connectivity index (χ2n) is 4.77. The van der Waals surface area contributed by atoms with Gasteiger partial charge in [0, 0.05) is 0 Å². The summed E-state index contributed by atoms with van der Waals surface area (Å²) in [6.07, 6.45) is 0. The number of nitrogens with zero attached hydrogens (tertiary/aromatic N) is 3. The molecule has 0 saturated carbocycles. The van der Waals surface area contributed by atoms with Crippen LogP contribution in [0, 0.1) is 5.92 Å². The lowest BCUT2D eigenvalue weighted by atomic mass is 10.0. The predicted molar refractivity (Wildman–Crippen MR) is 49.9 cm³/mol. The third-order valence-electron chi connectivity index (χ3n) is 2.21. The Morgan fingerprint density at radius 1 is 1.33 bits per heavy atom. The summed E-state index contributed by atoms with van der Waals surface area (Å²) in [5.74, 6) is 0.598. The summed E-state index contributed by atoms with van der Waals surface area (Å²) in [4.78, 5) is 0. The lowest BCUT2D eigenvalue weighted by molar-refractivity contribution is 0.151. The fourth-order valence-electron chi connectivity index (χ4n) is 1.13. The molecule has 70 valence electrons. The minimum Gasteiger partial charge on any atom is -0.271 e. The summed E-state index contributed by atoms with van der Waals surface area (Å²) < 4.78 is 0. The number of hydrogen-bond donors (Lipinski definition) is 0. The molecule has 12 heavy (non-hydrogen) atoms. The highest BCUT2D eigenvalue weighted by atomic mass is 15.6. The van der Waals surface area contributed by atoms with E-state index >= 15 is 0 Å². The van der Waals surface area contributed by atoms with Crippen LogP contribution in [-0.2, 0) is 0 Å². The second kappa shape index (κ2) is 3.04. The van der Waals surface area contributed by atoms with Gasteiger partial charge in [0.15, 0.2) is 0 Å². The minimum atomic E-state index is 0.118. The highest BCUT2D eigenvalue weighted by Crippen LogP contribution is 2.23. The van der Waals surface area contributed by atoms with Gasteiger partial charge in [0.2, 0.25) is 0 Å². The molecule has 3 nitrogen and oxygen atoms in total. The fourth-order valence-corrected chi connectivity index (χ4v) is 1.13. The van der Waals surface area contributed by atoms with E-state index in [1.165, 1.54) is 0 Å². The Bertz CT molecular complexity index is 179. The Balaban J connectivity index is 2.54.